The molecule has 2 rings (SSSR count). The Morgan fingerprint density at radius 3 is 2.86 bits per heavy atom. The third-order valence-electron chi connectivity index (χ3n) is 3.56. The second-order valence-electron chi connectivity index (χ2n) is 5.25. The molecule has 0 saturated carbocycles. The summed E-state index contributed by atoms with van der Waals surface area (Å²) in [4.78, 5) is 4.38. The number of aromatic nitrogens is 1. The summed E-state index contributed by atoms with van der Waals surface area (Å²) in [6.07, 6.45) is 4.82. The smallest absolute Gasteiger partial charge is 0.137 e. The second-order valence-corrected chi connectivity index (χ2v) is 8.02. The van der Waals surface area contributed by atoms with Crippen molar-refractivity contribution in [2.24, 2.45) is 0 Å². The van der Waals surface area contributed by atoms with E-state index in [4.69, 9.17) is 4.74 Å². The van der Waals surface area contributed by atoms with Gasteiger partial charge in [0.25, 0.3) is 0 Å². The number of rotatable bonds is 7. The molecule has 118 valence electrons. The van der Waals surface area contributed by atoms with Gasteiger partial charge in [0.2, 0.25) is 0 Å². The summed E-state index contributed by atoms with van der Waals surface area (Å²) in [6.45, 7) is 8.36. The number of pyridine rings is 1. The van der Waals surface area contributed by atoms with E-state index in [0.717, 1.165) is 25.3 Å². The zero-order chi connectivity index (χ0) is 15.1. The van der Waals surface area contributed by atoms with E-state index >= 15 is 0 Å². The minimum atomic E-state index is 0.348. The highest BCUT2D eigenvalue weighted by atomic mass is 32.2. The molecule has 1 aliphatic heterocycles. The van der Waals surface area contributed by atoms with Gasteiger partial charge in [-0.15, -0.1) is 0 Å². The topological polar surface area (TPSA) is 34.1 Å². The van der Waals surface area contributed by atoms with E-state index in [1.807, 2.05) is 12.4 Å². The molecule has 21 heavy (non-hydrogen) atoms. The SMILES string of the molecule is CCCOc1cncc(C(NCC)C2SCCSC2C)c1. The first-order valence-electron chi connectivity index (χ1n) is 7.80. The number of hydrogen-bond donors (Lipinski definition) is 1. The summed E-state index contributed by atoms with van der Waals surface area (Å²) in [5.74, 6) is 3.39. The molecular weight excluding hydrogens is 300 g/mol. The Hall–Kier alpha value is -0.390. The molecule has 1 aromatic heterocycles. The largest absolute Gasteiger partial charge is 0.492 e. The monoisotopic (exact) mass is 326 g/mol. The number of ether oxygens (including phenoxy) is 1. The van der Waals surface area contributed by atoms with Crippen LogP contribution in [0.5, 0.6) is 5.75 Å². The van der Waals surface area contributed by atoms with Crippen LogP contribution in [0, 0.1) is 0 Å². The highest BCUT2D eigenvalue weighted by molar-refractivity contribution is 8.07. The van der Waals surface area contributed by atoms with Gasteiger partial charge in [0.15, 0.2) is 0 Å². The van der Waals surface area contributed by atoms with E-state index in [9.17, 15) is 0 Å². The Balaban J connectivity index is 2.16. The van der Waals surface area contributed by atoms with Crippen molar-refractivity contribution in [2.45, 2.75) is 43.7 Å². The first-order chi connectivity index (χ1) is 10.3. The summed E-state index contributed by atoms with van der Waals surface area (Å²) >= 11 is 4.17. The van der Waals surface area contributed by atoms with Crippen LogP contribution in [-0.4, -0.2) is 40.1 Å². The van der Waals surface area contributed by atoms with Crippen molar-refractivity contribution in [3.8, 4) is 5.75 Å². The Bertz CT molecular complexity index is 430. The van der Waals surface area contributed by atoms with Gasteiger partial charge in [-0.05, 0) is 24.6 Å². The van der Waals surface area contributed by atoms with Gasteiger partial charge in [-0.1, -0.05) is 20.8 Å². The lowest BCUT2D eigenvalue weighted by molar-refractivity contribution is 0.315. The summed E-state index contributed by atoms with van der Waals surface area (Å²) in [6, 6.07) is 2.50. The van der Waals surface area contributed by atoms with E-state index in [-0.39, 0.29) is 0 Å². The molecule has 1 N–H and O–H groups in total. The Morgan fingerprint density at radius 1 is 1.33 bits per heavy atom. The first-order valence-corrected chi connectivity index (χ1v) is 9.90. The van der Waals surface area contributed by atoms with Gasteiger partial charge in [-0.25, -0.2) is 0 Å². The molecule has 0 spiro atoms. The Kier molecular flexibility index (Phi) is 7.20. The van der Waals surface area contributed by atoms with E-state index in [1.54, 1.807) is 0 Å². The van der Waals surface area contributed by atoms with Gasteiger partial charge in [0.05, 0.1) is 12.8 Å². The zero-order valence-electron chi connectivity index (χ0n) is 13.2. The van der Waals surface area contributed by atoms with Crippen molar-refractivity contribution in [1.82, 2.24) is 10.3 Å². The predicted molar refractivity (Wildman–Crippen MR) is 94.6 cm³/mol. The molecule has 0 aliphatic carbocycles. The number of thioether (sulfide) groups is 2. The lowest BCUT2D eigenvalue weighted by Crippen LogP contribution is -2.37. The third-order valence-corrected chi connectivity index (χ3v) is 6.75. The highest BCUT2D eigenvalue weighted by Crippen LogP contribution is 2.39. The number of nitrogens with one attached hydrogen (secondary N) is 1. The molecule has 0 aromatic carbocycles. The van der Waals surface area contributed by atoms with Gasteiger partial charge in [0, 0.05) is 34.2 Å². The maximum atomic E-state index is 5.74. The van der Waals surface area contributed by atoms with E-state index < -0.39 is 0 Å². The normalized spacial score (nSPS) is 23.8. The standard InChI is InChI=1S/C16H26N2OS2/c1-4-6-19-14-9-13(10-17-11-14)15(18-5-2)16-12(3)20-7-8-21-16/h9-12,15-16,18H,4-8H2,1-3H3. The van der Waals surface area contributed by atoms with Gasteiger partial charge >= 0.3 is 0 Å². The van der Waals surface area contributed by atoms with Gasteiger partial charge < -0.3 is 10.1 Å². The molecule has 0 amide bonds. The van der Waals surface area contributed by atoms with Crippen LogP contribution in [-0.2, 0) is 0 Å². The summed E-state index contributed by atoms with van der Waals surface area (Å²) in [5.41, 5.74) is 1.25. The quantitative estimate of drug-likeness (QED) is 0.825. The second kappa shape index (κ2) is 8.91. The van der Waals surface area contributed by atoms with Crippen molar-refractivity contribution in [1.29, 1.82) is 0 Å². The Labute approximate surface area is 137 Å². The fourth-order valence-corrected chi connectivity index (χ4v) is 5.51. The fraction of sp³-hybridized carbons (Fsp3) is 0.688. The first kappa shape index (κ1) is 17.0. The molecule has 1 saturated heterocycles. The molecule has 5 heteroatoms. The summed E-state index contributed by atoms with van der Waals surface area (Å²) in [7, 11) is 0. The Morgan fingerprint density at radius 2 is 2.14 bits per heavy atom. The van der Waals surface area contributed by atoms with E-state index in [2.05, 4.69) is 60.7 Å². The van der Waals surface area contributed by atoms with Crippen LogP contribution in [0.1, 0.15) is 38.8 Å². The van der Waals surface area contributed by atoms with Crippen LogP contribution < -0.4 is 10.1 Å². The molecule has 1 aliphatic rings. The van der Waals surface area contributed by atoms with Crippen LogP contribution in [0.4, 0.5) is 0 Å². The molecular formula is C16H26N2OS2. The van der Waals surface area contributed by atoms with E-state index in [0.29, 0.717) is 16.5 Å². The third kappa shape index (κ3) is 4.80. The van der Waals surface area contributed by atoms with Crippen molar-refractivity contribution in [3.05, 3.63) is 24.0 Å². The average molecular weight is 327 g/mol. The molecule has 3 unspecified atom stereocenters. The predicted octanol–water partition coefficient (Wildman–Crippen LogP) is 3.76. The van der Waals surface area contributed by atoms with Crippen molar-refractivity contribution in [2.75, 3.05) is 24.7 Å². The highest BCUT2D eigenvalue weighted by Gasteiger charge is 2.31. The molecule has 2 heterocycles. The van der Waals surface area contributed by atoms with Crippen molar-refractivity contribution >= 4 is 23.5 Å². The molecule has 3 atom stereocenters. The minimum Gasteiger partial charge on any atom is -0.492 e. The van der Waals surface area contributed by atoms with Crippen molar-refractivity contribution < 1.29 is 4.74 Å². The van der Waals surface area contributed by atoms with Crippen LogP contribution in [0.25, 0.3) is 0 Å². The van der Waals surface area contributed by atoms with E-state index in [1.165, 1.54) is 17.1 Å². The maximum absolute atomic E-state index is 5.74. The number of nitrogens with zero attached hydrogens (tertiary/aromatic N) is 1. The van der Waals surface area contributed by atoms with Crippen LogP contribution in [0.15, 0.2) is 18.5 Å². The molecule has 1 aromatic rings. The fourth-order valence-electron chi connectivity index (χ4n) is 2.56. The number of hydrogen-bond acceptors (Lipinski definition) is 5. The average Bonchev–Trinajstić information content (AvgIpc) is 2.52. The molecule has 0 bridgehead atoms. The lowest BCUT2D eigenvalue weighted by Gasteiger charge is -2.35. The lowest BCUT2D eigenvalue weighted by atomic mass is 10.0. The van der Waals surface area contributed by atoms with Crippen LogP contribution in [0.3, 0.4) is 0 Å². The minimum absolute atomic E-state index is 0.348. The van der Waals surface area contributed by atoms with Gasteiger partial charge in [0.1, 0.15) is 5.75 Å². The molecule has 3 nitrogen and oxygen atoms in total. The van der Waals surface area contributed by atoms with Gasteiger partial charge in [-0.3, -0.25) is 4.98 Å². The molecule has 0 radical (unpaired) electrons. The maximum Gasteiger partial charge on any atom is 0.137 e. The van der Waals surface area contributed by atoms with Crippen molar-refractivity contribution in [3.63, 3.8) is 0 Å². The summed E-state index contributed by atoms with van der Waals surface area (Å²) in [5, 5.41) is 4.90. The van der Waals surface area contributed by atoms with Gasteiger partial charge in [-0.2, -0.15) is 23.5 Å². The molecule has 1 fully saturated rings. The van der Waals surface area contributed by atoms with Crippen LogP contribution in [0.2, 0.25) is 0 Å². The van der Waals surface area contributed by atoms with Crippen LogP contribution >= 0.6 is 23.5 Å². The summed E-state index contributed by atoms with van der Waals surface area (Å²) < 4.78 is 5.74. The zero-order valence-corrected chi connectivity index (χ0v) is 14.8.